The van der Waals surface area contributed by atoms with Crippen molar-refractivity contribution in [2.45, 2.75) is 12.1 Å². The molecule has 0 fully saturated rings. The van der Waals surface area contributed by atoms with Crippen molar-refractivity contribution in [1.82, 2.24) is 0 Å². The van der Waals surface area contributed by atoms with Crippen molar-refractivity contribution in [2.24, 2.45) is 5.73 Å². The minimum atomic E-state index is -0.596. The minimum absolute atomic E-state index is 0.296. The summed E-state index contributed by atoms with van der Waals surface area (Å²) in [6.07, 6.45) is -0.423. The highest BCUT2D eigenvalue weighted by atomic mass is 79.9. The molecule has 0 aromatic heterocycles. The molecule has 2 N–H and O–H groups in total. The van der Waals surface area contributed by atoms with Crippen LogP contribution >= 0.6 is 15.9 Å². The maximum Gasteiger partial charge on any atom is 0.161 e. The lowest BCUT2D eigenvalue weighted by molar-refractivity contribution is 0.0712. The lowest BCUT2D eigenvalue weighted by atomic mass is 10.0. The minimum Gasteiger partial charge on any atom is -0.486 e. The van der Waals surface area contributed by atoms with E-state index in [1.807, 2.05) is 24.3 Å². The summed E-state index contributed by atoms with van der Waals surface area (Å²) in [5.74, 6) is 0.975. The zero-order valence-corrected chi connectivity index (χ0v) is 12.1. The summed E-state index contributed by atoms with van der Waals surface area (Å²) in [6, 6.07) is 11.5. The summed E-state index contributed by atoms with van der Waals surface area (Å²) in [5.41, 5.74) is 6.54. The molecule has 1 heterocycles. The Bertz CT molecular complexity index is 635. The largest absolute Gasteiger partial charge is 0.486 e. The van der Waals surface area contributed by atoms with Crippen molar-refractivity contribution < 1.29 is 13.9 Å². The van der Waals surface area contributed by atoms with Crippen LogP contribution in [0.2, 0.25) is 0 Å². The zero-order chi connectivity index (χ0) is 14.1. The van der Waals surface area contributed by atoms with E-state index >= 15 is 0 Å². The standard InChI is InChI=1S/C15H13BrFNO2/c16-9-5-6-11(17)10(7-9)15(18)14-8-19-12-3-1-2-4-13(12)20-14/h1-7,14-15H,8,18H2. The van der Waals surface area contributed by atoms with Crippen LogP contribution in [0.3, 0.4) is 0 Å². The van der Waals surface area contributed by atoms with Gasteiger partial charge in [-0.25, -0.2) is 4.39 Å². The molecule has 0 saturated carbocycles. The van der Waals surface area contributed by atoms with Gasteiger partial charge in [-0.3, -0.25) is 0 Å². The molecule has 3 rings (SSSR count). The molecule has 0 radical (unpaired) electrons. The van der Waals surface area contributed by atoms with Crippen molar-refractivity contribution in [3.63, 3.8) is 0 Å². The third-order valence-electron chi connectivity index (χ3n) is 3.25. The maximum absolute atomic E-state index is 13.9. The summed E-state index contributed by atoms with van der Waals surface area (Å²) in [4.78, 5) is 0. The van der Waals surface area contributed by atoms with Crippen molar-refractivity contribution >= 4 is 15.9 Å². The number of fused-ring (bicyclic) bond motifs is 1. The molecular formula is C15H13BrFNO2. The van der Waals surface area contributed by atoms with Gasteiger partial charge in [-0.15, -0.1) is 0 Å². The predicted octanol–water partition coefficient (Wildman–Crippen LogP) is 3.43. The average Bonchev–Trinajstić information content (AvgIpc) is 2.48. The Morgan fingerprint density at radius 2 is 1.95 bits per heavy atom. The lowest BCUT2D eigenvalue weighted by Gasteiger charge is -2.30. The molecule has 0 spiro atoms. The molecule has 0 saturated heterocycles. The Morgan fingerprint density at radius 1 is 1.20 bits per heavy atom. The van der Waals surface area contributed by atoms with Crippen LogP contribution in [0.5, 0.6) is 11.5 Å². The highest BCUT2D eigenvalue weighted by Gasteiger charge is 2.29. The molecule has 2 aromatic rings. The number of ether oxygens (including phenoxy) is 2. The van der Waals surface area contributed by atoms with E-state index in [1.54, 1.807) is 12.1 Å². The molecule has 1 aliphatic heterocycles. The highest BCUT2D eigenvalue weighted by molar-refractivity contribution is 9.10. The average molecular weight is 338 g/mol. The number of nitrogens with two attached hydrogens (primary N) is 1. The number of halogens is 2. The summed E-state index contributed by atoms with van der Waals surface area (Å²) in [7, 11) is 0. The fraction of sp³-hybridized carbons (Fsp3) is 0.200. The molecular weight excluding hydrogens is 325 g/mol. The van der Waals surface area contributed by atoms with E-state index in [4.69, 9.17) is 15.2 Å². The Kier molecular flexibility index (Phi) is 3.63. The summed E-state index contributed by atoms with van der Waals surface area (Å²) >= 11 is 3.32. The molecule has 2 unspecified atom stereocenters. The monoisotopic (exact) mass is 337 g/mol. The second-order valence-electron chi connectivity index (χ2n) is 4.61. The van der Waals surface area contributed by atoms with Crippen LogP contribution in [-0.2, 0) is 0 Å². The van der Waals surface area contributed by atoms with Crippen molar-refractivity contribution in [1.29, 1.82) is 0 Å². The normalized spacial score (nSPS) is 18.6. The first-order chi connectivity index (χ1) is 9.65. The van der Waals surface area contributed by atoms with E-state index in [-0.39, 0.29) is 5.82 Å². The second-order valence-corrected chi connectivity index (χ2v) is 5.52. The summed E-state index contributed by atoms with van der Waals surface area (Å²) in [6.45, 7) is 0.296. The van der Waals surface area contributed by atoms with Crippen molar-refractivity contribution in [3.05, 3.63) is 58.3 Å². The molecule has 20 heavy (non-hydrogen) atoms. The number of rotatable bonds is 2. The lowest BCUT2D eigenvalue weighted by Crippen LogP contribution is -2.39. The van der Waals surface area contributed by atoms with Crippen LogP contribution in [-0.4, -0.2) is 12.7 Å². The van der Waals surface area contributed by atoms with Gasteiger partial charge in [0.15, 0.2) is 17.6 Å². The zero-order valence-electron chi connectivity index (χ0n) is 10.6. The van der Waals surface area contributed by atoms with Gasteiger partial charge in [0.2, 0.25) is 0 Å². The topological polar surface area (TPSA) is 44.5 Å². The second kappa shape index (κ2) is 5.42. The Balaban J connectivity index is 1.85. The van der Waals surface area contributed by atoms with E-state index in [0.717, 1.165) is 4.47 Å². The van der Waals surface area contributed by atoms with Crippen molar-refractivity contribution in [3.8, 4) is 11.5 Å². The van der Waals surface area contributed by atoms with Crippen LogP contribution in [0.15, 0.2) is 46.9 Å². The highest BCUT2D eigenvalue weighted by Crippen LogP contribution is 2.34. The van der Waals surface area contributed by atoms with Gasteiger partial charge in [0.25, 0.3) is 0 Å². The van der Waals surface area contributed by atoms with E-state index in [2.05, 4.69) is 15.9 Å². The van der Waals surface area contributed by atoms with Gasteiger partial charge in [0, 0.05) is 10.0 Å². The van der Waals surface area contributed by atoms with E-state index in [1.165, 1.54) is 6.07 Å². The number of para-hydroxylation sites is 2. The molecule has 0 aliphatic carbocycles. The predicted molar refractivity (Wildman–Crippen MR) is 77.4 cm³/mol. The van der Waals surface area contributed by atoms with Gasteiger partial charge < -0.3 is 15.2 Å². The van der Waals surface area contributed by atoms with Crippen molar-refractivity contribution in [2.75, 3.05) is 6.61 Å². The molecule has 2 aromatic carbocycles. The van der Waals surface area contributed by atoms with Crippen LogP contribution < -0.4 is 15.2 Å². The number of benzene rings is 2. The van der Waals surface area contributed by atoms with Gasteiger partial charge in [0.05, 0.1) is 6.04 Å². The van der Waals surface area contributed by atoms with Gasteiger partial charge in [-0.05, 0) is 30.3 Å². The SMILES string of the molecule is NC(c1cc(Br)ccc1F)C1COc2ccccc2O1. The fourth-order valence-corrected chi connectivity index (χ4v) is 2.56. The molecule has 0 bridgehead atoms. The third kappa shape index (κ3) is 2.51. The van der Waals surface area contributed by atoms with Crippen LogP contribution in [0.25, 0.3) is 0 Å². The third-order valence-corrected chi connectivity index (χ3v) is 3.74. The maximum atomic E-state index is 13.9. The van der Waals surface area contributed by atoms with Gasteiger partial charge >= 0.3 is 0 Å². The summed E-state index contributed by atoms with van der Waals surface area (Å²) in [5, 5.41) is 0. The number of hydrogen-bond donors (Lipinski definition) is 1. The smallest absolute Gasteiger partial charge is 0.161 e. The van der Waals surface area contributed by atoms with E-state index < -0.39 is 12.1 Å². The van der Waals surface area contributed by atoms with E-state index in [9.17, 15) is 4.39 Å². The van der Waals surface area contributed by atoms with Crippen LogP contribution in [0, 0.1) is 5.82 Å². The quantitative estimate of drug-likeness (QED) is 0.913. The molecule has 0 amide bonds. The van der Waals surface area contributed by atoms with E-state index in [0.29, 0.717) is 23.7 Å². The van der Waals surface area contributed by atoms with Crippen LogP contribution in [0.4, 0.5) is 4.39 Å². The first kappa shape index (κ1) is 13.4. The Labute approximate surface area is 124 Å². The fourth-order valence-electron chi connectivity index (χ4n) is 2.18. The Morgan fingerprint density at radius 3 is 2.75 bits per heavy atom. The molecule has 5 heteroatoms. The Hall–Kier alpha value is -1.59. The molecule has 3 nitrogen and oxygen atoms in total. The van der Waals surface area contributed by atoms with Gasteiger partial charge in [-0.1, -0.05) is 28.1 Å². The first-order valence-corrected chi connectivity index (χ1v) is 7.03. The van der Waals surface area contributed by atoms with Gasteiger partial charge in [0.1, 0.15) is 12.4 Å². The number of hydrogen-bond acceptors (Lipinski definition) is 3. The van der Waals surface area contributed by atoms with Gasteiger partial charge in [-0.2, -0.15) is 0 Å². The molecule has 104 valence electrons. The van der Waals surface area contributed by atoms with Crippen LogP contribution in [0.1, 0.15) is 11.6 Å². The first-order valence-electron chi connectivity index (χ1n) is 6.24. The molecule has 2 atom stereocenters. The molecule has 1 aliphatic rings. The summed E-state index contributed by atoms with van der Waals surface area (Å²) < 4.78 is 26.1.